The summed E-state index contributed by atoms with van der Waals surface area (Å²) in [5.41, 5.74) is -1.49. The number of Topliss-reactive ketones (excluding diaryl/α,β-unsaturated/α-hetero) is 1. The first kappa shape index (κ1) is 51.2. The van der Waals surface area contributed by atoms with Gasteiger partial charge in [0.05, 0.1) is 53.9 Å². The van der Waals surface area contributed by atoms with Crippen LogP contribution < -0.4 is 40.0 Å². The summed E-state index contributed by atoms with van der Waals surface area (Å²) in [6.45, 7) is 23.1. The zero-order chi connectivity index (χ0) is 42.8. The van der Waals surface area contributed by atoms with Crippen LogP contribution in [-0.4, -0.2) is 94.0 Å². The third kappa shape index (κ3) is 10.6. The molecular formula is C47H80NNaO10. The number of aliphatic carboxylic acids is 1. The molecule has 334 valence electrons. The third-order valence-electron chi connectivity index (χ3n) is 15.6. The zero-order valence-electron chi connectivity index (χ0n) is 38.8. The first-order valence-corrected chi connectivity index (χ1v) is 23.3. The minimum Gasteiger partial charge on any atom is -0.550 e. The van der Waals surface area contributed by atoms with E-state index in [1.165, 1.54) is 0 Å². The van der Waals surface area contributed by atoms with E-state index in [-0.39, 0.29) is 77.4 Å². The SMILES string of the molecule is CCCCCN[C@H]1C=C[C@]2(O[C@H]([C@@H](CC)C(=O)[C@@H](C)[C@@H](O)[C@H](C)[C@@H]3O[C@@H]([C@@H](CC)C(=O)[O-])CC[C@@H]3C)[C@@H](C)C[C@H]2C)O[C@@]12CC[C@@](C)([C@H]1CC[C@](O)(CC)[C@H](C)O1)O2.[Na+]. The van der Waals surface area contributed by atoms with Gasteiger partial charge in [0.25, 0.3) is 0 Å². The molecular weight excluding hydrogens is 762 g/mol. The summed E-state index contributed by atoms with van der Waals surface area (Å²) in [7, 11) is 0. The fourth-order valence-corrected chi connectivity index (χ4v) is 11.4. The van der Waals surface area contributed by atoms with Gasteiger partial charge >= 0.3 is 29.6 Å². The molecule has 0 aromatic rings. The van der Waals surface area contributed by atoms with Crippen LogP contribution in [0.5, 0.6) is 0 Å². The molecule has 5 heterocycles. The molecule has 12 heteroatoms. The van der Waals surface area contributed by atoms with E-state index in [1.54, 1.807) is 0 Å². The fraction of sp³-hybridized carbons (Fsp3) is 0.915. The summed E-state index contributed by atoms with van der Waals surface area (Å²) in [6, 6.07) is -0.220. The Morgan fingerprint density at radius 3 is 2.20 bits per heavy atom. The molecule has 2 spiro atoms. The minimum absolute atomic E-state index is 0. The number of aliphatic hydroxyl groups excluding tert-OH is 1. The summed E-state index contributed by atoms with van der Waals surface area (Å²) in [5, 5.41) is 38.7. The Kier molecular flexibility index (Phi) is 18.3. The molecule has 4 saturated heterocycles. The topological polar surface area (TPSA) is 156 Å². The predicted octanol–water partition coefficient (Wildman–Crippen LogP) is 3.64. The Bertz CT molecular complexity index is 1420. The quantitative estimate of drug-likeness (QED) is 0.112. The molecule has 5 aliphatic heterocycles. The predicted molar refractivity (Wildman–Crippen MR) is 221 cm³/mol. The van der Waals surface area contributed by atoms with Crippen LogP contribution in [0.4, 0.5) is 0 Å². The summed E-state index contributed by atoms with van der Waals surface area (Å²) < 4.78 is 34.8. The van der Waals surface area contributed by atoms with Crippen molar-refractivity contribution in [1.29, 1.82) is 0 Å². The molecule has 5 aliphatic rings. The van der Waals surface area contributed by atoms with E-state index in [4.69, 9.17) is 23.7 Å². The van der Waals surface area contributed by atoms with Gasteiger partial charge in [0.15, 0.2) is 11.6 Å². The molecule has 0 radical (unpaired) electrons. The average Bonchev–Trinajstić information content (AvgIpc) is 3.53. The maximum absolute atomic E-state index is 14.6. The summed E-state index contributed by atoms with van der Waals surface area (Å²) >= 11 is 0. The Hall–Kier alpha value is -0.440. The first-order valence-electron chi connectivity index (χ1n) is 23.3. The number of carboxylic acids is 1. The number of ether oxygens (including phenoxy) is 5. The number of rotatable bonds is 17. The second-order valence-electron chi connectivity index (χ2n) is 19.6. The Morgan fingerprint density at radius 2 is 1.59 bits per heavy atom. The molecule has 0 unspecified atom stereocenters. The summed E-state index contributed by atoms with van der Waals surface area (Å²) in [5.74, 6) is -5.48. The number of carboxylic acid groups (broad SMARTS) is 1. The molecule has 11 nitrogen and oxygen atoms in total. The molecule has 0 aromatic carbocycles. The van der Waals surface area contributed by atoms with Gasteiger partial charge in [-0.25, -0.2) is 0 Å². The number of hydrogen-bond acceptors (Lipinski definition) is 11. The van der Waals surface area contributed by atoms with Crippen molar-refractivity contribution in [2.24, 2.45) is 41.4 Å². The van der Waals surface area contributed by atoms with E-state index < -0.39 is 70.7 Å². The van der Waals surface area contributed by atoms with Gasteiger partial charge in [-0.05, 0) is 103 Å². The van der Waals surface area contributed by atoms with Crippen LogP contribution in [-0.2, 0) is 33.3 Å². The van der Waals surface area contributed by atoms with Crippen LogP contribution in [0.3, 0.4) is 0 Å². The first-order chi connectivity index (χ1) is 27.3. The van der Waals surface area contributed by atoms with Gasteiger partial charge in [-0.2, -0.15) is 0 Å². The van der Waals surface area contributed by atoms with Gasteiger partial charge in [-0.1, -0.05) is 81.2 Å². The van der Waals surface area contributed by atoms with Gasteiger partial charge in [0, 0.05) is 42.0 Å². The number of aliphatic hydroxyl groups is 2. The molecule has 0 aliphatic carbocycles. The number of carbonyl (C=O) groups is 2. The summed E-state index contributed by atoms with van der Waals surface area (Å²) in [4.78, 5) is 26.5. The largest absolute Gasteiger partial charge is 1.00 e. The zero-order valence-corrected chi connectivity index (χ0v) is 40.8. The van der Waals surface area contributed by atoms with E-state index in [9.17, 15) is 24.9 Å². The van der Waals surface area contributed by atoms with Gasteiger partial charge in [0.2, 0.25) is 0 Å². The van der Waals surface area contributed by atoms with E-state index in [2.05, 4.69) is 52.1 Å². The second kappa shape index (κ2) is 21.0. The number of ketones is 1. The van der Waals surface area contributed by atoms with Crippen molar-refractivity contribution < 1.29 is 78.2 Å². The van der Waals surface area contributed by atoms with Crippen LogP contribution in [0.2, 0.25) is 0 Å². The monoisotopic (exact) mass is 842 g/mol. The normalized spacial score (nSPS) is 42.5. The molecule has 0 amide bonds. The minimum atomic E-state index is -1.13. The molecule has 59 heavy (non-hydrogen) atoms. The van der Waals surface area contributed by atoms with Crippen LogP contribution in [0.25, 0.3) is 0 Å². The van der Waals surface area contributed by atoms with Crippen molar-refractivity contribution in [2.75, 3.05) is 6.54 Å². The number of nitrogens with one attached hydrogen (secondary N) is 1. The van der Waals surface area contributed by atoms with E-state index in [1.807, 2.05) is 41.5 Å². The standard InChI is InChI=1S/C47H81NO10.Na/c1-12-16-17-26-48-37-20-23-46(58-47(37)25-24-44(11,57-47)38-21-22-45(53,15-4)33(10)54-38)30(7)27-29(6)42(56-46)35(14-3)40(50)31(8)39(49)32(9)41-28(5)18-19-36(55-41)34(13-2)43(51)52;/h20,23,28-39,41-42,48-49,53H,12-19,21-22,24-27H2,1-11H3,(H,51,52);/q;+1/p-1/t28-,29-,30+,31-,32-,33-,34+,35-,36+,37-,38+,39+,41+,42-,44-,45+,46-,47-;/m0./s1. The van der Waals surface area contributed by atoms with Gasteiger partial charge < -0.3 is 49.1 Å². The molecule has 4 fully saturated rings. The molecule has 0 aromatic heterocycles. The van der Waals surface area contributed by atoms with E-state index in [0.29, 0.717) is 44.9 Å². The van der Waals surface area contributed by atoms with Crippen LogP contribution in [0.15, 0.2) is 12.2 Å². The molecule has 5 rings (SSSR count). The number of hydrogen-bond donors (Lipinski definition) is 3. The van der Waals surface area contributed by atoms with Crippen LogP contribution >= 0.6 is 0 Å². The molecule has 18 atom stereocenters. The van der Waals surface area contributed by atoms with Gasteiger partial charge in [-0.15, -0.1) is 0 Å². The fourth-order valence-electron chi connectivity index (χ4n) is 11.4. The second-order valence-corrected chi connectivity index (χ2v) is 19.6. The molecule has 3 N–H and O–H groups in total. The summed E-state index contributed by atoms with van der Waals surface area (Å²) in [6.07, 6.45) is 11.2. The van der Waals surface area contributed by atoms with Crippen molar-refractivity contribution in [3.05, 3.63) is 12.2 Å². The Morgan fingerprint density at radius 1 is 0.898 bits per heavy atom. The molecule has 0 saturated carbocycles. The van der Waals surface area contributed by atoms with Crippen molar-refractivity contribution in [1.82, 2.24) is 5.32 Å². The van der Waals surface area contributed by atoms with Crippen molar-refractivity contribution in [3.8, 4) is 0 Å². The van der Waals surface area contributed by atoms with Crippen molar-refractivity contribution >= 4 is 11.8 Å². The van der Waals surface area contributed by atoms with Crippen LogP contribution in [0.1, 0.15) is 160 Å². The number of unbranched alkanes of at least 4 members (excludes halogenated alkanes) is 2. The maximum Gasteiger partial charge on any atom is 1.00 e. The smallest absolute Gasteiger partial charge is 0.550 e. The Balaban J connectivity index is 0.00000769. The van der Waals surface area contributed by atoms with Gasteiger partial charge in [-0.3, -0.25) is 4.79 Å². The maximum atomic E-state index is 14.6. The third-order valence-corrected chi connectivity index (χ3v) is 15.6. The van der Waals surface area contributed by atoms with E-state index in [0.717, 1.165) is 45.1 Å². The molecule has 0 bridgehead atoms. The number of carbonyl (C=O) groups excluding carboxylic acids is 2. The average molecular weight is 842 g/mol. The van der Waals surface area contributed by atoms with Gasteiger partial charge in [0.1, 0.15) is 5.78 Å². The van der Waals surface area contributed by atoms with Crippen molar-refractivity contribution in [3.63, 3.8) is 0 Å². The van der Waals surface area contributed by atoms with Crippen molar-refractivity contribution in [2.45, 2.75) is 225 Å². The van der Waals surface area contributed by atoms with Crippen LogP contribution in [0, 0.1) is 41.4 Å². The Labute approximate surface area is 378 Å². The van der Waals surface area contributed by atoms with E-state index >= 15 is 0 Å².